The molecule has 0 aliphatic heterocycles. The molecule has 0 atom stereocenters. The molecule has 24 heavy (non-hydrogen) atoms. The van der Waals surface area contributed by atoms with E-state index in [1.807, 2.05) is 30.3 Å². The number of hydrogen-bond donors (Lipinski definition) is 1. The first kappa shape index (κ1) is 17.0. The van der Waals surface area contributed by atoms with Gasteiger partial charge in [-0.05, 0) is 23.6 Å². The van der Waals surface area contributed by atoms with Gasteiger partial charge in [-0.25, -0.2) is 14.6 Å². The minimum atomic E-state index is -0.567. The van der Waals surface area contributed by atoms with E-state index in [0.717, 1.165) is 5.56 Å². The number of amides is 1. The maximum Gasteiger partial charge on any atom is 0.408 e. The van der Waals surface area contributed by atoms with Crippen molar-refractivity contribution in [3.63, 3.8) is 0 Å². The van der Waals surface area contributed by atoms with Crippen molar-refractivity contribution in [1.29, 1.82) is 0 Å². The highest BCUT2D eigenvalue weighted by Crippen LogP contribution is 2.05. The summed E-state index contributed by atoms with van der Waals surface area (Å²) in [6.45, 7) is 0.262. The number of ether oxygens (including phenoxy) is 2. The number of nitrogens with zero attached hydrogens (tertiary/aromatic N) is 1. The number of hydrogen-bond acceptors (Lipinski definition) is 5. The predicted octanol–water partition coefficient (Wildman–Crippen LogP) is 2.15. The molecule has 0 radical (unpaired) electrons. The Morgan fingerprint density at radius 3 is 2.71 bits per heavy atom. The van der Waals surface area contributed by atoms with E-state index >= 15 is 0 Å². The molecule has 0 fully saturated rings. The number of benzene rings is 1. The Morgan fingerprint density at radius 1 is 1.17 bits per heavy atom. The first-order valence-electron chi connectivity index (χ1n) is 7.17. The summed E-state index contributed by atoms with van der Waals surface area (Å²) >= 11 is 0. The van der Waals surface area contributed by atoms with Crippen molar-refractivity contribution in [2.75, 3.05) is 13.7 Å². The fourth-order valence-electron chi connectivity index (χ4n) is 1.80. The van der Waals surface area contributed by atoms with Crippen LogP contribution in [0.25, 0.3) is 0 Å². The van der Waals surface area contributed by atoms with Gasteiger partial charge < -0.3 is 14.8 Å². The number of carbonyl (C=O) groups excluding carboxylic acids is 2. The van der Waals surface area contributed by atoms with Gasteiger partial charge in [0, 0.05) is 6.20 Å². The third-order valence-corrected chi connectivity index (χ3v) is 2.95. The summed E-state index contributed by atoms with van der Waals surface area (Å²) in [4.78, 5) is 27.2. The Kier molecular flexibility index (Phi) is 6.35. The molecule has 6 heteroatoms. The van der Waals surface area contributed by atoms with E-state index in [2.05, 4.69) is 26.9 Å². The zero-order valence-corrected chi connectivity index (χ0v) is 13.1. The highest BCUT2D eigenvalue weighted by molar-refractivity contribution is 5.91. The largest absolute Gasteiger partial charge is 0.465 e. The molecular weight excluding hydrogens is 308 g/mol. The number of rotatable bonds is 4. The molecule has 6 nitrogen and oxygen atoms in total. The lowest BCUT2D eigenvalue weighted by molar-refractivity contribution is 0.0600. The van der Waals surface area contributed by atoms with Crippen molar-refractivity contribution in [2.45, 2.75) is 6.61 Å². The lowest BCUT2D eigenvalue weighted by atomic mass is 10.2. The fraction of sp³-hybridized carbons (Fsp3) is 0.167. The standard InChI is InChI=1S/C18H16N2O4/c1-23-17(21)15-9-5-11-19-16(15)10-6-12-20-18(22)24-13-14-7-3-2-4-8-14/h2-5,7-9,11H,12-13H2,1H3,(H,20,22). The van der Waals surface area contributed by atoms with Gasteiger partial charge in [0.2, 0.25) is 0 Å². The molecule has 1 aromatic heterocycles. The van der Waals surface area contributed by atoms with Gasteiger partial charge in [-0.1, -0.05) is 36.3 Å². The van der Waals surface area contributed by atoms with Crippen LogP contribution in [0.2, 0.25) is 0 Å². The van der Waals surface area contributed by atoms with Crippen LogP contribution in [0.1, 0.15) is 21.6 Å². The van der Waals surface area contributed by atoms with Crippen LogP contribution < -0.4 is 5.32 Å². The van der Waals surface area contributed by atoms with Crippen LogP contribution in [0.4, 0.5) is 4.79 Å². The molecule has 0 saturated carbocycles. The van der Waals surface area contributed by atoms with E-state index in [0.29, 0.717) is 5.69 Å². The first-order valence-corrected chi connectivity index (χ1v) is 7.17. The van der Waals surface area contributed by atoms with Crippen LogP contribution in [-0.4, -0.2) is 30.7 Å². The molecule has 2 rings (SSSR count). The van der Waals surface area contributed by atoms with E-state index in [9.17, 15) is 9.59 Å². The molecule has 0 aliphatic carbocycles. The average Bonchev–Trinajstić information content (AvgIpc) is 2.64. The van der Waals surface area contributed by atoms with Gasteiger partial charge in [0.1, 0.15) is 12.3 Å². The smallest absolute Gasteiger partial charge is 0.408 e. The van der Waals surface area contributed by atoms with Gasteiger partial charge in [0.15, 0.2) is 0 Å². The van der Waals surface area contributed by atoms with Gasteiger partial charge in [0.25, 0.3) is 0 Å². The highest BCUT2D eigenvalue weighted by Gasteiger charge is 2.10. The van der Waals surface area contributed by atoms with Crippen LogP contribution in [0.15, 0.2) is 48.7 Å². The van der Waals surface area contributed by atoms with Gasteiger partial charge in [0.05, 0.1) is 19.2 Å². The molecule has 1 amide bonds. The third kappa shape index (κ3) is 5.14. The maximum atomic E-state index is 11.6. The number of esters is 1. The lowest BCUT2D eigenvalue weighted by Gasteiger charge is -2.04. The third-order valence-electron chi connectivity index (χ3n) is 2.95. The zero-order valence-electron chi connectivity index (χ0n) is 13.1. The van der Waals surface area contributed by atoms with Crippen molar-refractivity contribution in [2.24, 2.45) is 0 Å². The second-order valence-corrected chi connectivity index (χ2v) is 4.61. The summed E-state index contributed by atoms with van der Waals surface area (Å²) in [6.07, 6.45) is 0.959. The topological polar surface area (TPSA) is 77.5 Å². The molecule has 1 heterocycles. The van der Waals surface area contributed by atoms with Crippen molar-refractivity contribution in [3.05, 3.63) is 65.5 Å². The molecule has 0 aliphatic rings. The number of aromatic nitrogens is 1. The molecule has 0 saturated heterocycles. The van der Waals surface area contributed by atoms with Gasteiger partial charge in [-0.3, -0.25) is 0 Å². The molecule has 1 N–H and O–H groups in total. The fourth-order valence-corrected chi connectivity index (χ4v) is 1.80. The second-order valence-electron chi connectivity index (χ2n) is 4.61. The van der Waals surface area contributed by atoms with E-state index < -0.39 is 12.1 Å². The molecule has 1 aromatic carbocycles. The van der Waals surface area contributed by atoms with Crippen LogP contribution in [0, 0.1) is 11.8 Å². The monoisotopic (exact) mass is 324 g/mol. The number of carbonyl (C=O) groups is 2. The Balaban J connectivity index is 1.83. The number of pyridine rings is 1. The van der Waals surface area contributed by atoms with E-state index in [-0.39, 0.29) is 18.7 Å². The summed E-state index contributed by atoms with van der Waals surface area (Å²) < 4.78 is 9.71. The molecule has 0 spiro atoms. The van der Waals surface area contributed by atoms with E-state index in [1.165, 1.54) is 13.3 Å². The summed E-state index contributed by atoms with van der Waals surface area (Å²) in [6, 6.07) is 12.5. The lowest BCUT2D eigenvalue weighted by Crippen LogP contribution is -2.24. The SMILES string of the molecule is COC(=O)c1cccnc1C#CCNC(=O)OCc1ccccc1. The first-order chi connectivity index (χ1) is 11.7. The second kappa shape index (κ2) is 8.96. The van der Waals surface area contributed by atoms with Crippen LogP contribution in [0.5, 0.6) is 0 Å². The van der Waals surface area contributed by atoms with Gasteiger partial charge in [-0.2, -0.15) is 0 Å². The van der Waals surface area contributed by atoms with Crippen molar-refractivity contribution >= 4 is 12.1 Å². The Morgan fingerprint density at radius 2 is 1.96 bits per heavy atom. The van der Waals surface area contributed by atoms with Crippen molar-refractivity contribution < 1.29 is 19.1 Å². The van der Waals surface area contributed by atoms with Crippen LogP contribution >= 0.6 is 0 Å². The Hall–Kier alpha value is -3.33. The molecular formula is C18H16N2O4. The quantitative estimate of drug-likeness (QED) is 0.689. The van der Waals surface area contributed by atoms with Crippen LogP contribution in [-0.2, 0) is 16.1 Å². The minimum Gasteiger partial charge on any atom is -0.465 e. The minimum absolute atomic E-state index is 0.0742. The number of alkyl carbamates (subject to hydrolysis) is 1. The number of nitrogens with one attached hydrogen (secondary N) is 1. The van der Waals surface area contributed by atoms with Crippen molar-refractivity contribution in [3.8, 4) is 11.8 Å². The van der Waals surface area contributed by atoms with E-state index in [4.69, 9.17) is 4.74 Å². The summed E-state index contributed by atoms with van der Waals surface area (Å²) in [5, 5.41) is 2.51. The zero-order chi connectivity index (χ0) is 17.2. The molecule has 2 aromatic rings. The molecule has 0 bridgehead atoms. The maximum absolute atomic E-state index is 11.6. The molecule has 0 unspecified atom stereocenters. The summed E-state index contributed by atoms with van der Waals surface area (Å²) in [5.74, 6) is 4.93. The summed E-state index contributed by atoms with van der Waals surface area (Å²) in [7, 11) is 1.29. The Labute approximate surface area is 139 Å². The summed E-state index contributed by atoms with van der Waals surface area (Å²) in [5.41, 5.74) is 1.47. The molecule has 122 valence electrons. The average molecular weight is 324 g/mol. The number of methoxy groups -OCH3 is 1. The van der Waals surface area contributed by atoms with Gasteiger partial charge >= 0.3 is 12.1 Å². The van der Waals surface area contributed by atoms with Crippen molar-refractivity contribution in [1.82, 2.24) is 10.3 Å². The highest BCUT2D eigenvalue weighted by atomic mass is 16.5. The normalized spacial score (nSPS) is 9.38. The van der Waals surface area contributed by atoms with Crippen LogP contribution in [0.3, 0.4) is 0 Å². The van der Waals surface area contributed by atoms with E-state index in [1.54, 1.807) is 12.1 Å². The Bertz CT molecular complexity index is 763. The van der Waals surface area contributed by atoms with Gasteiger partial charge in [-0.15, -0.1) is 0 Å². The predicted molar refractivity (Wildman–Crippen MR) is 87.1 cm³/mol.